The summed E-state index contributed by atoms with van der Waals surface area (Å²) in [6.07, 6.45) is 0. The summed E-state index contributed by atoms with van der Waals surface area (Å²) in [5, 5.41) is 16.9. The monoisotopic (exact) mass is 247 g/mol. The Morgan fingerprint density at radius 1 is 1.33 bits per heavy atom. The highest BCUT2D eigenvalue weighted by molar-refractivity contribution is 5.38. The Balaban J connectivity index is 2.16. The van der Waals surface area contributed by atoms with Crippen molar-refractivity contribution < 1.29 is 9.84 Å². The smallest absolute Gasteiger partial charge is 0.132 e. The van der Waals surface area contributed by atoms with Gasteiger partial charge >= 0.3 is 0 Å². The summed E-state index contributed by atoms with van der Waals surface area (Å²) >= 11 is 0. The Hall–Kier alpha value is -1.88. The molecule has 5 nitrogen and oxygen atoms in total. The van der Waals surface area contributed by atoms with E-state index >= 15 is 0 Å². The first kappa shape index (κ1) is 12.6. The molecule has 0 unspecified atom stereocenters. The van der Waals surface area contributed by atoms with Gasteiger partial charge in [0.05, 0.1) is 6.61 Å². The van der Waals surface area contributed by atoms with Crippen molar-refractivity contribution in [2.45, 2.75) is 27.1 Å². The van der Waals surface area contributed by atoms with Gasteiger partial charge in [-0.2, -0.15) is 0 Å². The Morgan fingerprint density at radius 3 is 2.83 bits per heavy atom. The molecule has 0 saturated heterocycles. The lowest BCUT2D eigenvalue weighted by Crippen LogP contribution is -2.06. The van der Waals surface area contributed by atoms with Crippen molar-refractivity contribution in [3.05, 3.63) is 40.7 Å². The van der Waals surface area contributed by atoms with Crippen LogP contribution in [0.15, 0.2) is 18.2 Å². The van der Waals surface area contributed by atoms with Gasteiger partial charge in [0.2, 0.25) is 0 Å². The van der Waals surface area contributed by atoms with Gasteiger partial charge < -0.3 is 9.84 Å². The topological polar surface area (TPSA) is 60.2 Å². The molecule has 96 valence electrons. The van der Waals surface area contributed by atoms with Crippen LogP contribution in [0.3, 0.4) is 0 Å². The summed E-state index contributed by atoms with van der Waals surface area (Å²) in [6.45, 7) is 4.30. The van der Waals surface area contributed by atoms with Crippen LogP contribution in [0.4, 0.5) is 0 Å². The number of hydrogen-bond acceptors (Lipinski definition) is 4. The van der Waals surface area contributed by atoms with E-state index in [1.165, 1.54) is 5.56 Å². The standard InChI is InChI=1S/C13H17N3O2/c1-9-5-4-6-13(10(9)2)18-8-12-11(7-17)14-15-16(12)3/h4-6,17H,7-8H2,1-3H3. The molecular weight excluding hydrogens is 230 g/mol. The zero-order valence-electron chi connectivity index (χ0n) is 10.8. The highest BCUT2D eigenvalue weighted by Crippen LogP contribution is 2.21. The van der Waals surface area contributed by atoms with E-state index in [0.29, 0.717) is 12.3 Å². The molecule has 0 saturated carbocycles. The van der Waals surface area contributed by atoms with Crippen LogP contribution >= 0.6 is 0 Å². The predicted molar refractivity (Wildman–Crippen MR) is 67.2 cm³/mol. The molecule has 1 N–H and O–H groups in total. The van der Waals surface area contributed by atoms with Crippen LogP contribution < -0.4 is 4.74 Å². The van der Waals surface area contributed by atoms with Gasteiger partial charge in [0, 0.05) is 7.05 Å². The lowest BCUT2D eigenvalue weighted by atomic mass is 10.1. The van der Waals surface area contributed by atoms with Crippen molar-refractivity contribution in [1.82, 2.24) is 15.0 Å². The van der Waals surface area contributed by atoms with Gasteiger partial charge in [0.25, 0.3) is 0 Å². The SMILES string of the molecule is Cc1cccc(OCc2c(CO)nnn2C)c1C. The third-order valence-corrected chi connectivity index (χ3v) is 3.09. The third-order valence-electron chi connectivity index (χ3n) is 3.09. The molecule has 0 aliphatic rings. The maximum atomic E-state index is 9.16. The van der Waals surface area contributed by atoms with Gasteiger partial charge in [-0.25, -0.2) is 4.68 Å². The zero-order valence-corrected chi connectivity index (χ0v) is 10.8. The average molecular weight is 247 g/mol. The Morgan fingerprint density at radius 2 is 2.11 bits per heavy atom. The first-order chi connectivity index (χ1) is 8.63. The van der Waals surface area contributed by atoms with Crippen LogP contribution in [-0.2, 0) is 20.3 Å². The van der Waals surface area contributed by atoms with E-state index in [4.69, 9.17) is 9.84 Å². The van der Waals surface area contributed by atoms with E-state index in [0.717, 1.165) is 17.0 Å². The molecule has 0 radical (unpaired) electrons. The first-order valence-electron chi connectivity index (χ1n) is 5.80. The van der Waals surface area contributed by atoms with Gasteiger partial charge in [0.1, 0.15) is 23.7 Å². The van der Waals surface area contributed by atoms with Crippen LogP contribution in [0.5, 0.6) is 5.75 Å². The third kappa shape index (κ3) is 2.36. The number of nitrogens with zero attached hydrogens (tertiary/aromatic N) is 3. The van der Waals surface area contributed by atoms with Crippen molar-refractivity contribution in [1.29, 1.82) is 0 Å². The second kappa shape index (κ2) is 5.18. The molecule has 0 amide bonds. The summed E-state index contributed by atoms with van der Waals surface area (Å²) in [7, 11) is 1.79. The summed E-state index contributed by atoms with van der Waals surface area (Å²) in [4.78, 5) is 0. The van der Waals surface area contributed by atoms with Gasteiger partial charge in [0.15, 0.2) is 0 Å². The Labute approximate surface area is 106 Å². The molecule has 1 aromatic carbocycles. The van der Waals surface area contributed by atoms with Gasteiger partial charge in [-0.1, -0.05) is 17.3 Å². The van der Waals surface area contributed by atoms with E-state index < -0.39 is 0 Å². The number of aromatic nitrogens is 3. The minimum Gasteiger partial charge on any atom is -0.487 e. The number of aliphatic hydroxyl groups excluding tert-OH is 1. The maximum absolute atomic E-state index is 9.16. The largest absolute Gasteiger partial charge is 0.487 e. The number of benzene rings is 1. The van der Waals surface area contributed by atoms with E-state index in [1.54, 1.807) is 11.7 Å². The normalized spacial score (nSPS) is 10.7. The van der Waals surface area contributed by atoms with Crippen LogP contribution in [0.1, 0.15) is 22.5 Å². The lowest BCUT2D eigenvalue weighted by molar-refractivity contribution is 0.262. The van der Waals surface area contributed by atoms with Gasteiger partial charge in [-0.3, -0.25) is 0 Å². The zero-order chi connectivity index (χ0) is 13.1. The second-order valence-electron chi connectivity index (χ2n) is 4.25. The van der Waals surface area contributed by atoms with Crippen molar-refractivity contribution in [2.24, 2.45) is 7.05 Å². The van der Waals surface area contributed by atoms with E-state index in [2.05, 4.69) is 10.3 Å². The molecule has 1 heterocycles. The molecule has 0 aliphatic carbocycles. The predicted octanol–water partition coefficient (Wildman–Crippen LogP) is 1.50. The Bertz CT molecular complexity index is 549. The minimum atomic E-state index is -0.126. The fraction of sp³-hybridized carbons (Fsp3) is 0.385. The van der Waals surface area contributed by atoms with Gasteiger partial charge in [-0.15, -0.1) is 5.10 Å². The van der Waals surface area contributed by atoms with Crippen LogP contribution in [0.2, 0.25) is 0 Å². The van der Waals surface area contributed by atoms with E-state index in [1.807, 2.05) is 32.0 Å². The van der Waals surface area contributed by atoms with Crippen molar-refractivity contribution >= 4 is 0 Å². The number of hydrogen-bond donors (Lipinski definition) is 1. The van der Waals surface area contributed by atoms with Crippen molar-refractivity contribution in [3.8, 4) is 5.75 Å². The molecule has 0 bridgehead atoms. The quantitative estimate of drug-likeness (QED) is 0.889. The molecule has 0 atom stereocenters. The van der Waals surface area contributed by atoms with Crippen LogP contribution in [-0.4, -0.2) is 20.1 Å². The lowest BCUT2D eigenvalue weighted by Gasteiger charge is -2.11. The molecule has 0 aliphatic heterocycles. The van der Waals surface area contributed by atoms with Crippen molar-refractivity contribution in [2.75, 3.05) is 0 Å². The number of ether oxygens (including phenoxy) is 1. The summed E-state index contributed by atoms with van der Waals surface area (Å²) in [6, 6.07) is 5.95. The van der Waals surface area contributed by atoms with Gasteiger partial charge in [-0.05, 0) is 31.0 Å². The number of aryl methyl sites for hydroxylation is 2. The molecule has 2 rings (SSSR count). The maximum Gasteiger partial charge on any atom is 0.132 e. The number of aliphatic hydroxyl groups is 1. The molecule has 2 aromatic rings. The molecule has 5 heteroatoms. The fourth-order valence-electron chi connectivity index (χ4n) is 1.75. The fourth-order valence-corrected chi connectivity index (χ4v) is 1.75. The van der Waals surface area contributed by atoms with Crippen LogP contribution in [0, 0.1) is 13.8 Å². The second-order valence-corrected chi connectivity index (χ2v) is 4.25. The van der Waals surface area contributed by atoms with E-state index in [-0.39, 0.29) is 6.61 Å². The first-order valence-corrected chi connectivity index (χ1v) is 5.80. The summed E-state index contributed by atoms with van der Waals surface area (Å²) in [5.41, 5.74) is 3.66. The van der Waals surface area contributed by atoms with Crippen LogP contribution in [0.25, 0.3) is 0 Å². The highest BCUT2D eigenvalue weighted by Gasteiger charge is 2.11. The minimum absolute atomic E-state index is 0.126. The van der Waals surface area contributed by atoms with Crippen molar-refractivity contribution in [3.63, 3.8) is 0 Å². The Kier molecular flexibility index (Phi) is 3.62. The molecular formula is C13H17N3O2. The molecule has 0 fully saturated rings. The van der Waals surface area contributed by atoms with E-state index in [9.17, 15) is 0 Å². The summed E-state index contributed by atoms with van der Waals surface area (Å²) in [5.74, 6) is 0.847. The molecule has 0 spiro atoms. The average Bonchev–Trinajstić information content (AvgIpc) is 2.72. The molecule has 18 heavy (non-hydrogen) atoms. The molecule has 1 aromatic heterocycles. The summed E-state index contributed by atoms with van der Waals surface area (Å²) < 4.78 is 7.40. The number of rotatable bonds is 4. The highest BCUT2D eigenvalue weighted by atomic mass is 16.5.